The highest BCUT2D eigenvalue weighted by Crippen LogP contribution is 2.04. The third kappa shape index (κ3) is 2.05. The fourth-order valence-electron chi connectivity index (χ4n) is 1.05. The number of aromatic nitrogens is 3. The van der Waals surface area contributed by atoms with Crippen molar-refractivity contribution >= 4 is 5.69 Å². The molecule has 0 bridgehead atoms. The van der Waals surface area contributed by atoms with Crippen LogP contribution in [-0.2, 0) is 6.54 Å². The summed E-state index contributed by atoms with van der Waals surface area (Å²) in [5.41, 5.74) is 2.13. The topological polar surface area (TPSA) is 53.6 Å². The van der Waals surface area contributed by atoms with E-state index in [2.05, 4.69) is 20.5 Å². The molecular weight excluding hydrogens is 164 g/mol. The van der Waals surface area contributed by atoms with Gasteiger partial charge in [0.1, 0.15) is 0 Å². The molecule has 13 heavy (non-hydrogen) atoms. The zero-order valence-corrected chi connectivity index (χ0v) is 7.07. The fraction of sp³-hybridized carbons (Fsp3) is 0.111. The van der Waals surface area contributed by atoms with E-state index in [9.17, 15) is 0 Å². The van der Waals surface area contributed by atoms with E-state index >= 15 is 0 Å². The molecule has 0 aliphatic heterocycles. The van der Waals surface area contributed by atoms with Gasteiger partial charge in [0, 0.05) is 24.3 Å². The molecule has 0 atom stereocenters. The van der Waals surface area contributed by atoms with Crippen LogP contribution < -0.4 is 5.32 Å². The SMILES string of the molecule is c1cc(NCc2ccn[nH]2)ccn1. The lowest BCUT2D eigenvalue weighted by molar-refractivity contribution is 0.981. The molecule has 4 heteroatoms. The second-order valence-electron chi connectivity index (χ2n) is 2.67. The van der Waals surface area contributed by atoms with Crippen LogP contribution in [0.25, 0.3) is 0 Å². The molecule has 0 aliphatic rings. The van der Waals surface area contributed by atoms with Crippen LogP contribution in [-0.4, -0.2) is 15.2 Å². The maximum absolute atomic E-state index is 3.93. The van der Waals surface area contributed by atoms with Crippen molar-refractivity contribution in [1.29, 1.82) is 0 Å². The third-order valence-corrected chi connectivity index (χ3v) is 1.72. The molecule has 2 rings (SSSR count). The summed E-state index contributed by atoms with van der Waals surface area (Å²) < 4.78 is 0. The Morgan fingerprint density at radius 2 is 2.00 bits per heavy atom. The van der Waals surface area contributed by atoms with Crippen molar-refractivity contribution in [3.8, 4) is 0 Å². The highest BCUT2D eigenvalue weighted by Gasteiger charge is 1.92. The second kappa shape index (κ2) is 3.71. The summed E-state index contributed by atoms with van der Waals surface area (Å²) in [6.45, 7) is 0.754. The summed E-state index contributed by atoms with van der Waals surface area (Å²) in [5, 5.41) is 9.97. The molecular formula is C9H10N4. The predicted octanol–water partition coefficient (Wildman–Crippen LogP) is 1.42. The Bertz CT molecular complexity index is 341. The quantitative estimate of drug-likeness (QED) is 0.739. The summed E-state index contributed by atoms with van der Waals surface area (Å²) >= 11 is 0. The average molecular weight is 174 g/mol. The van der Waals surface area contributed by atoms with E-state index < -0.39 is 0 Å². The number of hydrogen-bond acceptors (Lipinski definition) is 3. The van der Waals surface area contributed by atoms with Gasteiger partial charge < -0.3 is 5.32 Å². The van der Waals surface area contributed by atoms with Gasteiger partial charge in [0.2, 0.25) is 0 Å². The lowest BCUT2D eigenvalue weighted by atomic mass is 10.4. The summed E-state index contributed by atoms with van der Waals surface area (Å²) in [4.78, 5) is 3.93. The van der Waals surface area contributed by atoms with Crippen LogP contribution in [0.15, 0.2) is 36.8 Å². The molecule has 0 saturated heterocycles. The van der Waals surface area contributed by atoms with Crippen molar-refractivity contribution in [2.24, 2.45) is 0 Å². The van der Waals surface area contributed by atoms with Crippen molar-refractivity contribution in [3.05, 3.63) is 42.5 Å². The van der Waals surface area contributed by atoms with Gasteiger partial charge >= 0.3 is 0 Å². The highest BCUT2D eigenvalue weighted by atomic mass is 15.1. The average Bonchev–Trinajstić information content (AvgIpc) is 2.69. The van der Waals surface area contributed by atoms with Crippen LogP contribution >= 0.6 is 0 Å². The maximum atomic E-state index is 3.93. The van der Waals surface area contributed by atoms with Gasteiger partial charge in [-0.1, -0.05) is 0 Å². The zero-order valence-electron chi connectivity index (χ0n) is 7.07. The Morgan fingerprint density at radius 3 is 2.69 bits per heavy atom. The molecule has 0 spiro atoms. The molecule has 0 aliphatic carbocycles. The van der Waals surface area contributed by atoms with Crippen molar-refractivity contribution in [3.63, 3.8) is 0 Å². The molecule has 0 aromatic carbocycles. The first-order valence-electron chi connectivity index (χ1n) is 4.07. The maximum Gasteiger partial charge on any atom is 0.0567 e. The molecule has 4 nitrogen and oxygen atoms in total. The van der Waals surface area contributed by atoms with Crippen molar-refractivity contribution in [1.82, 2.24) is 15.2 Å². The summed E-state index contributed by atoms with van der Waals surface area (Å²) in [6, 6.07) is 5.79. The van der Waals surface area contributed by atoms with Gasteiger partial charge in [0.25, 0.3) is 0 Å². The van der Waals surface area contributed by atoms with E-state index in [0.717, 1.165) is 17.9 Å². The molecule has 2 heterocycles. The van der Waals surface area contributed by atoms with E-state index in [1.807, 2.05) is 18.2 Å². The van der Waals surface area contributed by atoms with Gasteiger partial charge in [0.15, 0.2) is 0 Å². The van der Waals surface area contributed by atoms with E-state index in [1.54, 1.807) is 18.6 Å². The number of aromatic amines is 1. The number of H-pyrrole nitrogens is 1. The molecule has 0 amide bonds. The first kappa shape index (κ1) is 7.79. The van der Waals surface area contributed by atoms with Crippen molar-refractivity contribution < 1.29 is 0 Å². The number of anilines is 1. The first-order chi connectivity index (χ1) is 6.45. The minimum absolute atomic E-state index is 0.754. The van der Waals surface area contributed by atoms with Crippen LogP contribution in [0.3, 0.4) is 0 Å². The smallest absolute Gasteiger partial charge is 0.0567 e. The fourth-order valence-corrected chi connectivity index (χ4v) is 1.05. The normalized spacial score (nSPS) is 9.85. The molecule has 2 aromatic rings. The minimum Gasteiger partial charge on any atom is -0.379 e. The molecule has 0 saturated carbocycles. The monoisotopic (exact) mass is 174 g/mol. The van der Waals surface area contributed by atoms with E-state index in [4.69, 9.17) is 0 Å². The molecule has 0 fully saturated rings. The van der Waals surface area contributed by atoms with E-state index in [-0.39, 0.29) is 0 Å². The van der Waals surface area contributed by atoms with Crippen molar-refractivity contribution in [2.45, 2.75) is 6.54 Å². The zero-order chi connectivity index (χ0) is 8.93. The summed E-state index contributed by atoms with van der Waals surface area (Å²) in [5.74, 6) is 0. The number of rotatable bonds is 3. The van der Waals surface area contributed by atoms with Crippen LogP contribution in [0.2, 0.25) is 0 Å². The van der Waals surface area contributed by atoms with Crippen LogP contribution in [0, 0.1) is 0 Å². The molecule has 0 radical (unpaired) electrons. The van der Waals surface area contributed by atoms with Crippen molar-refractivity contribution in [2.75, 3.05) is 5.32 Å². The molecule has 0 unspecified atom stereocenters. The third-order valence-electron chi connectivity index (χ3n) is 1.72. The summed E-state index contributed by atoms with van der Waals surface area (Å²) in [6.07, 6.45) is 5.26. The Balaban J connectivity index is 1.94. The van der Waals surface area contributed by atoms with E-state index in [0.29, 0.717) is 0 Å². The predicted molar refractivity (Wildman–Crippen MR) is 50.2 cm³/mol. The second-order valence-corrected chi connectivity index (χ2v) is 2.67. The van der Waals surface area contributed by atoms with Gasteiger partial charge in [-0.3, -0.25) is 10.1 Å². The Labute approximate surface area is 76.0 Å². The first-order valence-corrected chi connectivity index (χ1v) is 4.07. The van der Waals surface area contributed by atoms with Gasteiger partial charge in [-0.2, -0.15) is 5.10 Å². The molecule has 2 aromatic heterocycles. The number of hydrogen-bond donors (Lipinski definition) is 2. The van der Waals surface area contributed by atoms with Crippen LogP contribution in [0.1, 0.15) is 5.69 Å². The largest absolute Gasteiger partial charge is 0.379 e. The minimum atomic E-state index is 0.754. The van der Waals surface area contributed by atoms with Crippen LogP contribution in [0.4, 0.5) is 5.69 Å². The lowest BCUT2D eigenvalue weighted by Crippen LogP contribution is -1.99. The van der Waals surface area contributed by atoms with Gasteiger partial charge in [-0.15, -0.1) is 0 Å². The number of nitrogens with zero attached hydrogens (tertiary/aromatic N) is 2. The molecule has 66 valence electrons. The Morgan fingerprint density at radius 1 is 1.15 bits per heavy atom. The molecule has 2 N–H and O–H groups in total. The van der Waals surface area contributed by atoms with Gasteiger partial charge in [0.05, 0.1) is 12.2 Å². The van der Waals surface area contributed by atoms with Gasteiger partial charge in [-0.25, -0.2) is 0 Å². The Kier molecular flexibility index (Phi) is 2.22. The summed E-state index contributed by atoms with van der Waals surface area (Å²) in [7, 11) is 0. The number of pyridine rings is 1. The Hall–Kier alpha value is -1.84. The standard InChI is InChI=1S/C9H10N4/c1-4-10-5-2-8(1)11-7-9-3-6-12-13-9/h1-6H,7H2,(H,10,11)(H,12,13). The van der Waals surface area contributed by atoms with Gasteiger partial charge in [-0.05, 0) is 18.2 Å². The van der Waals surface area contributed by atoms with Crippen LogP contribution in [0.5, 0.6) is 0 Å². The lowest BCUT2D eigenvalue weighted by Gasteiger charge is -2.02. The highest BCUT2D eigenvalue weighted by molar-refractivity contribution is 5.40. The number of nitrogens with one attached hydrogen (secondary N) is 2. The van der Waals surface area contributed by atoms with E-state index in [1.165, 1.54) is 0 Å².